The van der Waals surface area contributed by atoms with Crippen LogP contribution in [0.15, 0.2) is 0 Å². The van der Waals surface area contributed by atoms with Crippen LogP contribution in [0.2, 0.25) is 0 Å². The molecule has 0 aliphatic rings. The number of hydrogen-bond acceptors (Lipinski definition) is 3. The number of halogens is 1. The van der Waals surface area contributed by atoms with Crippen molar-refractivity contribution >= 4 is 33.2 Å². The van der Waals surface area contributed by atoms with Crippen molar-refractivity contribution in [2.24, 2.45) is 0 Å². The Balaban J connectivity index is 6.52. The molecule has 0 unspecified atom stereocenters. The number of hydrogen-bond donors (Lipinski definition) is 0. The van der Waals surface area contributed by atoms with Gasteiger partial charge in [0.05, 0.1) is 0 Å². The average molecular weight is 314 g/mol. The van der Waals surface area contributed by atoms with E-state index in [0.29, 0.717) is 0 Å². The molecule has 0 atom stereocenters. The molecule has 0 rings (SSSR count). The van der Waals surface area contributed by atoms with Gasteiger partial charge in [-0.3, -0.25) is 0 Å². The van der Waals surface area contributed by atoms with Crippen LogP contribution in [0.1, 0.15) is 0 Å². The molecule has 0 amide bonds. The molecule has 46 valence electrons. The molecule has 0 fully saturated rings. The van der Waals surface area contributed by atoms with E-state index >= 15 is 0 Å². The zero-order valence-electron chi connectivity index (χ0n) is 3.44. The van der Waals surface area contributed by atoms with Crippen LogP contribution in [0.5, 0.6) is 0 Å². The SMILES string of the molecule is O=[C]=[Rh]([I])(=[C]=O)=[C]=O. The van der Waals surface area contributed by atoms with Gasteiger partial charge in [-0.1, -0.05) is 0 Å². The van der Waals surface area contributed by atoms with E-state index in [1.165, 1.54) is 33.2 Å². The third kappa shape index (κ3) is 1.91. The van der Waals surface area contributed by atoms with Crippen molar-refractivity contribution in [2.75, 3.05) is 0 Å². The summed E-state index contributed by atoms with van der Waals surface area (Å²) in [6, 6.07) is 0. The molecule has 0 radical (unpaired) electrons. The number of carbonyl (C=O) groups excluding carboxylic acids is 3. The predicted molar refractivity (Wildman–Crippen MR) is 31.1 cm³/mol. The van der Waals surface area contributed by atoms with E-state index in [0.717, 1.165) is 0 Å². The Kier molecular flexibility index (Phi) is 3.22. The van der Waals surface area contributed by atoms with Gasteiger partial charge in [0, 0.05) is 0 Å². The summed E-state index contributed by atoms with van der Waals surface area (Å²) in [7, 11) is -3.32. The van der Waals surface area contributed by atoms with Gasteiger partial charge in [0.15, 0.2) is 0 Å². The van der Waals surface area contributed by atoms with Crippen molar-refractivity contribution < 1.29 is 24.3 Å². The summed E-state index contributed by atoms with van der Waals surface area (Å²) in [5, 5.41) is 0. The molecule has 3 nitrogen and oxygen atoms in total. The summed E-state index contributed by atoms with van der Waals surface area (Å²) < 4.78 is 3.98. The van der Waals surface area contributed by atoms with Crippen LogP contribution in [-0.2, 0) is 24.3 Å². The molecule has 8 heavy (non-hydrogen) atoms. The zero-order valence-corrected chi connectivity index (χ0v) is 7.23. The van der Waals surface area contributed by atoms with E-state index in [-0.39, 0.29) is 0 Å². The molecule has 0 N–H and O–H groups in total. The first-order chi connectivity index (χ1) is 3.68. The molecule has 0 saturated heterocycles. The summed E-state index contributed by atoms with van der Waals surface area (Å²) >= 11 is 1.46. The van der Waals surface area contributed by atoms with E-state index in [1.54, 1.807) is 0 Å². The van der Waals surface area contributed by atoms with Gasteiger partial charge < -0.3 is 0 Å². The summed E-state index contributed by atoms with van der Waals surface area (Å²) in [5.41, 5.74) is 0. The minimum atomic E-state index is -3.32. The second-order valence-corrected chi connectivity index (χ2v) is 10.2. The van der Waals surface area contributed by atoms with Crippen molar-refractivity contribution in [3.8, 4) is 0 Å². The molecule has 0 aromatic heterocycles. The third-order valence-corrected chi connectivity index (χ3v) is 4.27. The summed E-state index contributed by atoms with van der Waals surface area (Å²) in [6.45, 7) is 0. The van der Waals surface area contributed by atoms with E-state index in [4.69, 9.17) is 0 Å². The predicted octanol–water partition coefficient (Wildman–Crippen LogP) is -0.308. The van der Waals surface area contributed by atoms with Gasteiger partial charge in [0.25, 0.3) is 0 Å². The maximum atomic E-state index is 9.70. The first-order valence-corrected chi connectivity index (χ1v) is 8.57. The second kappa shape index (κ2) is 3.19. The topological polar surface area (TPSA) is 51.2 Å². The van der Waals surface area contributed by atoms with Gasteiger partial charge >= 0.3 is 57.5 Å². The number of rotatable bonds is 0. The third-order valence-electron chi connectivity index (χ3n) is 0.281. The molecular formula is C3IO3Rh. The van der Waals surface area contributed by atoms with Crippen molar-refractivity contribution in [1.29, 1.82) is 0 Å². The molecule has 0 saturated carbocycles. The molecule has 0 aromatic rings. The van der Waals surface area contributed by atoms with E-state index in [2.05, 4.69) is 0 Å². The quantitative estimate of drug-likeness (QED) is 0.455. The Labute approximate surface area is 57.3 Å². The van der Waals surface area contributed by atoms with Crippen molar-refractivity contribution in [1.82, 2.24) is 0 Å². The van der Waals surface area contributed by atoms with E-state index in [1.807, 2.05) is 0 Å². The van der Waals surface area contributed by atoms with Crippen LogP contribution in [0, 0.1) is 0 Å². The molecule has 5 heteroatoms. The summed E-state index contributed by atoms with van der Waals surface area (Å²) in [5.74, 6) is 0. The van der Waals surface area contributed by atoms with Crippen LogP contribution < -0.4 is 0 Å². The molecule has 0 aromatic carbocycles. The van der Waals surface area contributed by atoms with Gasteiger partial charge in [-0.05, 0) is 0 Å². The van der Waals surface area contributed by atoms with Crippen LogP contribution >= 0.6 is 19.8 Å². The van der Waals surface area contributed by atoms with Crippen LogP contribution in [0.3, 0.4) is 0 Å². The first-order valence-electron chi connectivity index (χ1n) is 1.24. The van der Waals surface area contributed by atoms with Gasteiger partial charge in [-0.25, -0.2) is 0 Å². The van der Waals surface area contributed by atoms with Crippen molar-refractivity contribution in [2.45, 2.75) is 0 Å². The van der Waals surface area contributed by atoms with Gasteiger partial charge in [0.2, 0.25) is 0 Å². The normalized spacial score (nSPS) is 10.6. The van der Waals surface area contributed by atoms with Crippen LogP contribution in [0.25, 0.3) is 0 Å². The second-order valence-electron chi connectivity index (χ2n) is 0.643. The molecule has 0 spiro atoms. The van der Waals surface area contributed by atoms with Crippen LogP contribution in [-0.4, -0.2) is 13.4 Å². The van der Waals surface area contributed by atoms with Crippen LogP contribution in [0.4, 0.5) is 0 Å². The summed E-state index contributed by atoms with van der Waals surface area (Å²) in [6.07, 6.45) is 0. The van der Waals surface area contributed by atoms with Gasteiger partial charge in [0.1, 0.15) is 0 Å². The molecule has 0 bridgehead atoms. The Morgan fingerprint density at radius 1 is 1.00 bits per heavy atom. The Morgan fingerprint density at radius 3 is 1.25 bits per heavy atom. The Morgan fingerprint density at radius 2 is 1.25 bits per heavy atom. The maximum absolute atomic E-state index is 9.70. The standard InChI is InChI=1S/3CO.HI.Rh/c3*1-2;;/h;;;1H;/q;;;;+1/p-1. The first kappa shape index (κ1) is 8.09. The van der Waals surface area contributed by atoms with Gasteiger partial charge in [-0.2, -0.15) is 0 Å². The molecular weight excluding hydrogens is 314 g/mol. The fraction of sp³-hybridized carbons (Fsp3) is 0. The molecule has 0 aliphatic carbocycles. The van der Waals surface area contributed by atoms with Crippen molar-refractivity contribution in [3.05, 3.63) is 0 Å². The fourth-order valence-electron chi connectivity index (χ4n) is 0.0417. The zero-order chi connectivity index (χ0) is 6.62. The molecule has 0 aliphatic heterocycles. The van der Waals surface area contributed by atoms with Gasteiger partial charge in [-0.15, -0.1) is 0 Å². The average Bonchev–Trinajstić information content (AvgIpc) is 1.87. The van der Waals surface area contributed by atoms with E-state index < -0.39 is 9.91 Å². The van der Waals surface area contributed by atoms with Crippen molar-refractivity contribution in [3.63, 3.8) is 0 Å². The Bertz CT molecular complexity index is 276. The Hall–Kier alpha value is 0.0934. The van der Waals surface area contributed by atoms with E-state index in [9.17, 15) is 14.4 Å². The fourth-order valence-corrected chi connectivity index (χ4v) is 0.247. The molecule has 0 heterocycles. The minimum absolute atomic E-state index is 1.33. The summed E-state index contributed by atoms with van der Waals surface area (Å²) in [4.78, 5) is 29.1. The monoisotopic (exact) mass is 314 g/mol.